The highest BCUT2D eigenvalue weighted by molar-refractivity contribution is 5.97. The lowest BCUT2D eigenvalue weighted by atomic mass is 10.1. The normalized spacial score (nSPS) is 10.5. The third-order valence-corrected chi connectivity index (χ3v) is 4.38. The van der Waals surface area contributed by atoms with E-state index in [-0.39, 0.29) is 0 Å². The summed E-state index contributed by atoms with van der Waals surface area (Å²) in [5.74, 6) is 0.600. The minimum absolute atomic E-state index is 0.358. The van der Waals surface area contributed by atoms with E-state index < -0.39 is 11.9 Å². The number of carbonyl (C=O) groups is 2. The summed E-state index contributed by atoms with van der Waals surface area (Å²) in [6.07, 6.45) is 1.46. The summed E-state index contributed by atoms with van der Waals surface area (Å²) in [5.41, 5.74) is 4.89. The number of hydrogen-bond donors (Lipinski definition) is 1. The van der Waals surface area contributed by atoms with Crippen molar-refractivity contribution in [3.05, 3.63) is 89.0 Å². The van der Waals surface area contributed by atoms with Gasteiger partial charge in [-0.25, -0.2) is 10.2 Å². The van der Waals surface area contributed by atoms with Crippen LogP contribution < -0.4 is 19.6 Å². The van der Waals surface area contributed by atoms with Gasteiger partial charge in [0.2, 0.25) is 0 Å². The molecule has 7 nitrogen and oxygen atoms in total. The van der Waals surface area contributed by atoms with E-state index in [1.54, 1.807) is 67.8 Å². The quantitative estimate of drug-likeness (QED) is 0.271. The van der Waals surface area contributed by atoms with Gasteiger partial charge in [0, 0.05) is 0 Å². The van der Waals surface area contributed by atoms with Crippen LogP contribution in [0.1, 0.15) is 31.8 Å². The maximum Gasteiger partial charge on any atom is 0.343 e. The number of hydrazone groups is 1. The Hall–Kier alpha value is -4.13. The molecule has 0 atom stereocenters. The minimum atomic E-state index is -0.489. The van der Waals surface area contributed by atoms with Crippen molar-refractivity contribution in [2.75, 3.05) is 14.2 Å². The van der Waals surface area contributed by atoms with Gasteiger partial charge in [0.15, 0.2) is 0 Å². The smallest absolute Gasteiger partial charge is 0.343 e. The Morgan fingerprint density at radius 2 is 1.68 bits per heavy atom. The molecule has 1 amide bonds. The molecule has 0 unspecified atom stereocenters. The fourth-order valence-electron chi connectivity index (χ4n) is 2.76. The molecule has 3 rings (SSSR count). The van der Waals surface area contributed by atoms with Crippen molar-refractivity contribution in [2.45, 2.75) is 6.92 Å². The van der Waals surface area contributed by atoms with Crippen LogP contribution in [0, 0.1) is 6.92 Å². The third-order valence-electron chi connectivity index (χ3n) is 4.38. The molecule has 0 aromatic heterocycles. The molecule has 31 heavy (non-hydrogen) atoms. The number of rotatable bonds is 7. The first-order valence-electron chi connectivity index (χ1n) is 9.44. The van der Waals surface area contributed by atoms with Crippen LogP contribution in [0.5, 0.6) is 17.2 Å². The van der Waals surface area contributed by atoms with Crippen LogP contribution >= 0.6 is 0 Å². The number of carbonyl (C=O) groups excluding carboxylic acids is 2. The third kappa shape index (κ3) is 5.70. The number of esters is 1. The van der Waals surface area contributed by atoms with Crippen molar-refractivity contribution in [3.8, 4) is 17.2 Å². The zero-order chi connectivity index (χ0) is 22.2. The van der Waals surface area contributed by atoms with Crippen LogP contribution in [0.3, 0.4) is 0 Å². The molecule has 0 spiro atoms. The summed E-state index contributed by atoms with van der Waals surface area (Å²) in [7, 11) is 3.06. The first-order valence-corrected chi connectivity index (χ1v) is 9.44. The van der Waals surface area contributed by atoms with Crippen molar-refractivity contribution in [1.29, 1.82) is 0 Å². The van der Waals surface area contributed by atoms with E-state index in [1.807, 2.05) is 13.0 Å². The van der Waals surface area contributed by atoms with E-state index in [2.05, 4.69) is 10.5 Å². The van der Waals surface area contributed by atoms with Crippen molar-refractivity contribution in [1.82, 2.24) is 5.43 Å². The molecular formula is C24H22N2O5. The number of aryl methyl sites for hydroxylation is 1. The lowest BCUT2D eigenvalue weighted by molar-refractivity contribution is 0.0734. The molecule has 0 aliphatic carbocycles. The second-order valence-electron chi connectivity index (χ2n) is 6.59. The maximum atomic E-state index is 12.4. The predicted molar refractivity (Wildman–Crippen MR) is 117 cm³/mol. The lowest BCUT2D eigenvalue weighted by Gasteiger charge is -2.08. The van der Waals surface area contributed by atoms with Gasteiger partial charge in [0.05, 0.1) is 31.6 Å². The lowest BCUT2D eigenvalue weighted by Crippen LogP contribution is -2.18. The molecule has 1 N–H and O–H groups in total. The molecule has 0 saturated heterocycles. The molecule has 7 heteroatoms. The average Bonchev–Trinajstić information content (AvgIpc) is 2.79. The van der Waals surface area contributed by atoms with E-state index in [4.69, 9.17) is 14.2 Å². The summed E-state index contributed by atoms with van der Waals surface area (Å²) in [6.45, 7) is 1.91. The van der Waals surface area contributed by atoms with Crippen molar-refractivity contribution >= 4 is 18.1 Å². The van der Waals surface area contributed by atoms with Crippen molar-refractivity contribution in [3.63, 3.8) is 0 Å². The van der Waals surface area contributed by atoms with E-state index in [1.165, 1.54) is 13.3 Å². The van der Waals surface area contributed by atoms with E-state index in [0.717, 1.165) is 5.56 Å². The van der Waals surface area contributed by atoms with E-state index >= 15 is 0 Å². The van der Waals surface area contributed by atoms with Gasteiger partial charge in [-0.3, -0.25) is 4.79 Å². The van der Waals surface area contributed by atoms with Gasteiger partial charge >= 0.3 is 5.97 Å². The number of amides is 1. The van der Waals surface area contributed by atoms with Crippen LogP contribution in [0.2, 0.25) is 0 Å². The monoisotopic (exact) mass is 418 g/mol. The second-order valence-corrected chi connectivity index (χ2v) is 6.59. The van der Waals surface area contributed by atoms with Crippen LogP contribution in [0.25, 0.3) is 0 Å². The van der Waals surface area contributed by atoms with Crippen LogP contribution in [0.15, 0.2) is 71.8 Å². The van der Waals surface area contributed by atoms with Gasteiger partial charge < -0.3 is 14.2 Å². The molecule has 0 radical (unpaired) electrons. The number of methoxy groups -OCH3 is 2. The number of nitrogens with zero attached hydrogens (tertiary/aromatic N) is 1. The molecular weight excluding hydrogens is 396 g/mol. The van der Waals surface area contributed by atoms with Gasteiger partial charge in [-0.15, -0.1) is 0 Å². The summed E-state index contributed by atoms with van der Waals surface area (Å²) < 4.78 is 15.7. The van der Waals surface area contributed by atoms with Gasteiger partial charge in [-0.2, -0.15) is 5.10 Å². The van der Waals surface area contributed by atoms with Gasteiger partial charge in [0.25, 0.3) is 5.91 Å². The van der Waals surface area contributed by atoms with E-state index in [0.29, 0.717) is 33.9 Å². The highest BCUT2D eigenvalue weighted by Crippen LogP contribution is 2.20. The Kier molecular flexibility index (Phi) is 7.01. The largest absolute Gasteiger partial charge is 0.497 e. The zero-order valence-corrected chi connectivity index (χ0v) is 17.4. The molecule has 0 fully saturated rings. The molecule has 0 aliphatic rings. The Morgan fingerprint density at radius 3 is 2.39 bits per heavy atom. The van der Waals surface area contributed by atoms with Crippen LogP contribution in [-0.4, -0.2) is 32.3 Å². The number of hydrogen-bond acceptors (Lipinski definition) is 6. The summed E-state index contributed by atoms with van der Waals surface area (Å²) in [6, 6.07) is 18.7. The van der Waals surface area contributed by atoms with Gasteiger partial charge in [-0.1, -0.05) is 18.2 Å². The topological polar surface area (TPSA) is 86.2 Å². The minimum Gasteiger partial charge on any atom is -0.497 e. The molecule has 0 aliphatic heterocycles. The first-order chi connectivity index (χ1) is 15.0. The molecule has 0 heterocycles. The van der Waals surface area contributed by atoms with Crippen LogP contribution in [-0.2, 0) is 0 Å². The highest BCUT2D eigenvalue weighted by Gasteiger charge is 2.12. The first kappa shape index (κ1) is 21.6. The number of nitrogens with one attached hydrogen (secondary N) is 1. The maximum absolute atomic E-state index is 12.4. The summed E-state index contributed by atoms with van der Waals surface area (Å²) in [5, 5.41) is 3.98. The Balaban J connectivity index is 1.64. The summed E-state index contributed by atoms with van der Waals surface area (Å²) in [4.78, 5) is 24.7. The number of ether oxygens (including phenoxy) is 3. The summed E-state index contributed by atoms with van der Waals surface area (Å²) >= 11 is 0. The van der Waals surface area contributed by atoms with Gasteiger partial charge in [-0.05, 0) is 66.6 Å². The van der Waals surface area contributed by atoms with Crippen LogP contribution in [0.4, 0.5) is 0 Å². The SMILES string of the molecule is COc1ccc(C(=O)Oc2cccc(/C=N/NC(=O)c3ccc(C)cc3OC)c2)cc1. The van der Waals surface area contributed by atoms with Crippen molar-refractivity contribution < 1.29 is 23.8 Å². The predicted octanol–water partition coefficient (Wildman–Crippen LogP) is 4.00. The van der Waals surface area contributed by atoms with E-state index in [9.17, 15) is 9.59 Å². The Labute approximate surface area is 180 Å². The second kappa shape index (κ2) is 10.1. The number of benzene rings is 3. The fraction of sp³-hybridized carbons (Fsp3) is 0.125. The molecule has 3 aromatic carbocycles. The van der Waals surface area contributed by atoms with Gasteiger partial charge in [0.1, 0.15) is 17.2 Å². The molecule has 0 bridgehead atoms. The molecule has 3 aromatic rings. The molecule has 0 saturated carbocycles. The highest BCUT2D eigenvalue weighted by atomic mass is 16.5. The fourth-order valence-corrected chi connectivity index (χ4v) is 2.76. The average molecular weight is 418 g/mol. The van der Waals surface area contributed by atoms with Crippen molar-refractivity contribution in [2.24, 2.45) is 5.10 Å². The standard InChI is InChI=1S/C24H22N2O5/c1-16-7-12-21(22(13-16)30-3)23(27)26-25-15-17-5-4-6-20(14-17)31-24(28)18-8-10-19(29-2)11-9-18/h4-15H,1-3H3,(H,26,27)/b25-15+. The Morgan fingerprint density at radius 1 is 0.903 bits per heavy atom. The molecule has 158 valence electrons. The zero-order valence-electron chi connectivity index (χ0n) is 17.4. The Bertz CT molecular complexity index is 1110.